The molecule has 2 aromatic heterocycles. The third-order valence-corrected chi connectivity index (χ3v) is 3.30. The Bertz CT molecular complexity index is 790. The van der Waals surface area contributed by atoms with Crippen LogP contribution < -0.4 is 5.73 Å². The summed E-state index contributed by atoms with van der Waals surface area (Å²) >= 11 is 0. The van der Waals surface area contributed by atoms with Gasteiger partial charge in [-0.3, -0.25) is 0 Å². The first kappa shape index (κ1) is 13.5. The predicted molar refractivity (Wildman–Crippen MR) is 73.9 cm³/mol. The van der Waals surface area contributed by atoms with Gasteiger partial charge < -0.3 is 10.1 Å². The van der Waals surface area contributed by atoms with Crippen molar-refractivity contribution in [3.05, 3.63) is 65.7 Å². The summed E-state index contributed by atoms with van der Waals surface area (Å²) in [7, 11) is 0. The van der Waals surface area contributed by atoms with Gasteiger partial charge in [0.2, 0.25) is 0 Å². The molecule has 0 aliphatic rings. The van der Waals surface area contributed by atoms with Crippen molar-refractivity contribution in [3.8, 4) is 0 Å². The maximum atomic E-state index is 12.7. The highest BCUT2D eigenvalue weighted by atomic mass is 19.4. The van der Waals surface area contributed by atoms with E-state index in [2.05, 4.69) is 4.98 Å². The summed E-state index contributed by atoms with van der Waals surface area (Å²) in [6.45, 7) is 0. The molecule has 0 saturated heterocycles. The molecule has 0 radical (unpaired) electrons. The van der Waals surface area contributed by atoms with Crippen molar-refractivity contribution in [2.75, 3.05) is 5.73 Å². The largest absolute Gasteiger partial charge is 0.416 e. The zero-order valence-corrected chi connectivity index (χ0v) is 10.9. The molecule has 0 aliphatic carbocycles. The van der Waals surface area contributed by atoms with Crippen LogP contribution in [0, 0.1) is 0 Å². The molecule has 0 atom stereocenters. The number of hydrogen-bond donors (Lipinski definition) is 1. The van der Waals surface area contributed by atoms with Crippen molar-refractivity contribution < 1.29 is 13.2 Å². The molecule has 0 aliphatic heterocycles. The average molecular weight is 291 g/mol. The molecule has 0 spiro atoms. The molecule has 0 bridgehead atoms. The highest BCUT2D eigenvalue weighted by Crippen LogP contribution is 2.30. The zero-order valence-electron chi connectivity index (χ0n) is 10.9. The summed E-state index contributed by atoms with van der Waals surface area (Å²) in [4.78, 5) is 4.24. The van der Waals surface area contributed by atoms with Gasteiger partial charge in [-0.05, 0) is 23.8 Å². The number of pyridine rings is 1. The van der Waals surface area contributed by atoms with E-state index in [0.29, 0.717) is 23.5 Å². The molecule has 21 heavy (non-hydrogen) atoms. The van der Waals surface area contributed by atoms with Gasteiger partial charge in [-0.25, -0.2) is 4.98 Å². The summed E-state index contributed by atoms with van der Waals surface area (Å²) in [6.07, 6.45) is -0.615. The average Bonchev–Trinajstić information content (AvgIpc) is 2.83. The summed E-state index contributed by atoms with van der Waals surface area (Å²) < 4.78 is 39.9. The van der Waals surface area contributed by atoms with E-state index in [1.807, 2.05) is 0 Å². The monoisotopic (exact) mass is 291 g/mol. The molecular weight excluding hydrogens is 279 g/mol. The van der Waals surface area contributed by atoms with Crippen molar-refractivity contribution in [1.82, 2.24) is 9.38 Å². The number of rotatable bonds is 2. The van der Waals surface area contributed by atoms with Crippen LogP contribution in [0.1, 0.15) is 17.0 Å². The van der Waals surface area contributed by atoms with E-state index in [-0.39, 0.29) is 0 Å². The van der Waals surface area contributed by atoms with E-state index in [4.69, 9.17) is 5.73 Å². The number of halogens is 3. The lowest BCUT2D eigenvalue weighted by molar-refractivity contribution is -0.137. The van der Waals surface area contributed by atoms with Gasteiger partial charge >= 0.3 is 6.18 Å². The topological polar surface area (TPSA) is 43.3 Å². The second kappa shape index (κ2) is 4.80. The third kappa shape index (κ3) is 2.56. The Hall–Kier alpha value is -2.50. The number of nitrogens with two attached hydrogens (primary N) is 1. The first-order valence-electron chi connectivity index (χ1n) is 6.32. The van der Waals surface area contributed by atoms with E-state index in [0.717, 1.165) is 17.6 Å². The van der Waals surface area contributed by atoms with E-state index >= 15 is 0 Å². The van der Waals surface area contributed by atoms with Gasteiger partial charge in [-0.15, -0.1) is 0 Å². The molecule has 1 aromatic carbocycles. The first-order chi connectivity index (χ1) is 9.95. The van der Waals surface area contributed by atoms with Crippen LogP contribution in [-0.4, -0.2) is 9.38 Å². The second-order valence-corrected chi connectivity index (χ2v) is 4.77. The van der Waals surface area contributed by atoms with Gasteiger partial charge in [0.05, 0.1) is 23.0 Å². The van der Waals surface area contributed by atoms with Crippen LogP contribution in [0.4, 0.5) is 18.9 Å². The van der Waals surface area contributed by atoms with E-state index in [1.165, 1.54) is 6.07 Å². The molecule has 3 aromatic rings. The Kier molecular flexibility index (Phi) is 3.08. The number of fused-ring (bicyclic) bond motifs is 1. The zero-order chi connectivity index (χ0) is 15.0. The highest BCUT2D eigenvalue weighted by molar-refractivity contribution is 5.68. The summed E-state index contributed by atoms with van der Waals surface area (Å²) in [5.41, 5.74) is 7.07. The van der Waals surface area contributed by atoms with Gasteiger partial charge in [0.15, 0.2) is 0 Å². The lowest BCUT2D eigenvalue weighted by Crippen LogP contribution is -2.06. The van der Waals surface area contributed by atoms with Crippen molar-refractivity contribution >= 4 is 11.2 Å². The fourth-order valence-electron chi connectivity index (χ4n) is 2.27. The highest BCUT2D eigenvalue weighted by Gasteiger charge is 2.30. The molecular formula is C15H12F3N3. The summed E-state index contributed by atoms with van der Waals surface area (Å²) in [6, 6.07) is 8.80. The predicted octanol–water partition coefficient (Wildman–Crippen LogP) is 3.53. The van der Waals surface area contributed by atoms with Crippen molar-refractivity contribution in [2.24, 2.45) is 0 Å². The lowest BCUT2D eigenvalue weighted by Gasteiger charge is -2.08. The molecule has 108 valence electrons. The molecule has 2 heterocycles. The Morgan fingerprint density at radius 1 is 1.14 bits per heavy atom. The number of anilines is 1. The molecule has 0 saturated carbocycles. The van der Waals surface area contributed by atoms with Gasteiger partial charge in [0.25, 0.3) is 0 Å². The van der Waals surface area contributed by atoms with E-state index in [1.54, 1.807) is 35.0 Å². The number of alkyl halides is 3. The standard InChI is InChI=1S/C15H12F3N3/c16-15(17,18)11-4-1-3-10(7-11)8-14-20-9-13-12(19)5-2-6-21(13)14/h1-7,9H,8,19H2. The fraction of sp³-hybridized carbons (Fsp3) is 0.133. The number of aromatic nitrogens is 2. The molecule has 6 heteroatoms. The van der Waals surface area contributed by atoms with Crippen LogP contribution >= 0.6 is 0 Å². The molecule has 0 fully saturated rings. The van der Waals surface area contributed by atoms with Crippen LogP contribution in [-0.2, 0) is 12.6 Å². The Morgan fingerprint density at radius 3 is 2.71 bits per heavy atom. The number of hydrogen-bond acceptors (Lipinski definition) is 2. The minimum absolute atomic E-state index is 0.307. The van der Waals surface area contributed by atoms with Crippen molar-refractivity contribution in [3.63, 3.8) is 0 Å². The second-order valence-electron chi connectivity index (χ2n) is 4.77. The molecule has 0 unspecified atom stereocenters. The number of imidazole rings is 1. The van der Waals surface area contributed by atoms with Crippen LogP contribution in [0.15, 0.2) is 48.8 Å². The van der Waals surface area contributed by atoms with Crippen molar-refractivity contribution in [2.45, 2.75) is 12.6 Å². The SMILES string of the molecule is Nc1cccn2c(Cc3cccc(C(F)(F)F)c3)ncc12. The van der Waals surface area contributed by atoms with Crippen LogP contribution in [0.5, 0.6) is 0 Å². The van der Waals surface area contributed by atoms with E-state index in [9.17, 15) is 13.2 Å². The number of benzene rings is 1. The number of nitrogens with zero attached hydrogens (tertiary/aromatic N) is 2. The quantitative estimate of drug-likeness (QED) is 0.785. The van der Waals surface area contributed by atoms with Gasteiger partial charge in [-0.2, -0.15) is 13.2 Å². The molecule has 3 rings (SSSR count). The minimum atomic E-state index is -4.34. The fourth-order valence-corrected chi connectivity index (χ4v) is 2.27. The van der Waals surface area contributed by atoms with E-state index < -0.39 is 11.7 Å². The van der Waals surface area contributed by atoms with Crippen LogP contribution in [0.2, 0.25) is 0 Å². The van der Waals surface area contributed by atoms with Crippen LogP contribution in [0.3, 0.4) is 0 Å². The normalized spacial score (nSPS) is 12.0. The summed E-state index contributed by atoms with van der Waals surface area (Å²) in [5, 5.41) is 0. The molecule has 3 nitrogen and oxygen atoms in total. The third-order valence-electron chi connectivity index (χ3n) is 3.30. The maximum absolute atomic E-state index is 12.7. The van der Waals surface area contributed by atoms with Gasteiger partial charge in [0.1, 0.15) is 5.82 Å². The van der Waals surface area contributed by atoms with Gasteiger partial charge in [-0.1, -0.05) is 18.2 Å². The smallest absolute Gasteiger partial charge is 0.397 e. The molecule has 2 N–H and O–H groups in total. The Morgan fingerprint density at radius 2 is 1.95 bits per heavy atom. The number of nitrogen functional groups attached to an aromatic ring is 1. The Labute approximate surface area is 118 Å². The maximum Gasteiger partial charge on any atom is 0.416 e. The molecule has 0 amide bonds. The minimum Gasteiger partial charge on any atom is -0.397 e. The first-order valence-corrected chi connectivity index (χ1v) is 6.32. The van der Waals surface area contributed by atoms with Crippen molar-refractivity contribution in [1.29, 1.82) is 0 Å². The summed E-state index contributed by atoms with van der Waals surface area (Å²) in [5.74, 6) is 0.650. The Balaban J connectivity index is 1.98. The van der Waals surface area contributed by atoms with Gasteiger partial charge in [0, 0.05) is 12.6 Å². The lowest BCUT2D eigenvalue weighted by atomic mass is 10.1. The van der Waals surface area contributed by atoms with Crippen LogP contribution in [0.25, 0.3) is 5.52 Å².